The SMILES string of the molecule is CC(C)(C)OC(=O)N1CCC(Oc2cncc(-c3ccc4c(cnn4C4CCCCO4)c3)c2)CC1. The van der Waals surface area contributed by atoms with Crippen molar-refractivity contribution in [2.45, 2.75) is 70.8 Å². The Morgan fingerprint density at radius 2 is 1.86 bits per heavy atom. The van der Waals surface area contributed by atoms with Crippen molar-refractivity contribution in [3.05, 3.63) is 42.9 Å². The third-order valence-corrected chi connectivity index (χ3v) is 6.47. The minimum absolute atomic E-state index is 0.0206. The second-order valence-corrected chi connectivity index (χ2v) is 10.4. The average molecular weight is 479 g/mol. The number of amides is 1. The highest BCUT2D eigenvalue weighted by molar-refractivity contribution is 5.84. The molecule has 2 saturated heterocycles. The van der Waals surface area contributed by atoms with Crippen molar-refractivity contribution in [2.24, 2.45) is 0 Å². The van der Waals surface area contributed by atoms with Crippen LogP contribution in [0, 0.1) is 0 Å². The van der Waals surface area contributed by atoms with Crippen LogP contribution in [0.4, 0.5) is 4.79 Å². The molecule has 8 nitrogen and oxygen atoms in total. The van der Waals surface area contributed by atoms with E-state index >= 15 is 0 Å². The summed E-state index contributed by atoms with van der Waals surface area (Å²) in [7, 11) is 0. The number of rotatable bonds is 4. The van der Waals surface area contributed by atoms with Crippen LogP contribution < -0.4 is 4.74 Å². The van der Waals surface area contributed by atoms with Crippen LogP contribution >= 0.6 is 0 Å². The molecule has 1 atom stereocenters. The van der Waals surface area contributed by atoms with Gasteiger partial charge in [0.2, 0.25) is 0 Å². The summed E-state index contributed by atoms with van der Waals surface area (Å²) in [6.07, 6.45) is 10.1. The lowest BCUT2D eigenvalue weighted by molar-refractivity contribution is -0.0366. The van der Waals surface area contributed by atoms with Crippen LogP contribution in [0.2, 0.25) is 0 Å². The largest absolute Gasteiger partial charge is 0.489 e. The van der Waals surface area contributed by atoms with Gasteiger partial charge in [-0.15, -0.1) is 0 Å². The molecule has 0 radical (unpaired) electrons. The molecule has 1 amide bonds. The Bertz CT molecular complexity index is 1170. The van der Waals surface area contributed by atoms with Crippen molar-refractivity contribution in [1.29, 1.82) is 0 Å². The number of aromatic nitrogens is 3. The van der Waals surface area contributed by atoms with E-state index in [4.69, 9.17) is 14.2 Å². The zero-order valence-corrected chi connectivity index (χ0v) is 20.8. The predicted molar refractivity (Wildman–Crippen MR) is 133 cm³/mol. The van der Waals surface area contributed by atoms with Gasteiger partial charge in [0.1, 0.15) is 17.5 Å². The molecule has 0 N–H and O–H groups in total. The highest BCUT2D eigenvalue weighted by Gasteiger charge is 2.27. The highest BCUT2D eigenvalue weighted by atomic mass is 16.6. The van der Waals surface area contributed by atoms with Crippen LogP contribution in [0.5, 0.6) is 5.75 Å². The Morgan fingerprint density at radius 1 is 1.03 bits per heavy atom. The van der Waals surface area contributed by atoms with Crippen molar-refractivity contribution in [3.63, 3.8) is 0 Å². The molecule has 0 saturated carbocycles. The molecule has 186 valence electrons. The van der Waals surface area contributed by atoms with E-state index in [0.717, 1.165) is 60.1 Å². The molecule has 1 unspecified atom stereocenters. The molecule has 0 bridgehead atoms. The standard InChI is InChI=1S/C27H34N4O4/c1-27(2,3)35-26(32)30-11-9-22(10-12-30)34-23-15-20(16-28-18-23)19-7-8-24-21(14-19)17-29-31(24)25-6-4-5-13-33-25/h7-8,14-18,22,25H,4-6,9-13H2,1-3H3. The van der Waals surface area contributed by atoms with Crippen molar-refractivity contribution in [3.8, 4) is 16.9 Å². The van der Waals surface area contributed by atoms with Gasteiger partial charge >= 0.3 is 6.09 Å². The number of hydrogen-bond donors (Lipinski definition) is 0. The number of nitrogens with zero attached hydrogens (tertiary/aromatic N) is 4. The number of carbonyl (C=O) groups excluding carboxylic acids is 1. The van der Waals surface area contributed by atoms with Crippen LogP contribution in [0.25, 0.3) is 22.0 Å². The number of piperidine rings is 1. The van der Waals surface area contributed by atoms with Crippen LogP contribution in [0.1, 0.15) is 59.1 Å². The summed E-state index contributed by atoms with van der Waals surface area (Å²) in [6, 6.07) is 8.38. The maximum atomic E-state index is 12.3. The van der Waals surface area contributed by atoms with E-state index in [-0.39, 0.29) is 18.4 Å². The first-order valence-corrected chi connectivity index (χ1v) is 12.5. The number of fused-ring (bicyclic) bond motifs is 1. The van der Waals surface area contributed by atoms with Crippen LogP contribution in [0.3, 0.4) is 0 Å². The molecule has 3 aromatic rings. The van der Waals surface area contributed by atoms with Crippen molar-refractivity contribution >= 4 is 17.0 Å². The van der Waals surface area contributed by atoms with Gasteiger partial charge in [-0.05, 0) is 63.8 Å². The first-order chi connectivity index (χ1) is 16.9. The van der Waals surface area contributed by atoms with Crippen LogP contribution in [-0.4, -0.2) is 57.2 Å². The molecule has 1 aromatic carbocycles. The maximum absolute atomic E-state index is 12.3. The fraction of sp³-hybridized carbons (Fsp3) is 0.519. The third kappa shape index (κ3) is 5.59. The molecule has 2 fully saturated rings. The van der Waals surface area contributed by atoms with Gasteiger partial charge in [0.25, 0.3) is 0 Å². The average Bonchev–Trinajstić information content (AvgIpc) is 3.27. The highest BCUT2D eigenvalue weighted by Crippen LogP contribution is 2.30. The van der Waals surface area contributed by atoms with E-state index < -0.39 is 5.60 Å². The van der Waals surface area contributed by atoms with Gasteiger partial charge in [0.15, 0.2) is 6.23 Å². The van der Waals surface area contributed by atoms with Gasteiger partial charge in [-0.25, -0.2) is 9.48 Å². The van der Waals surface area contributed by atoms with E-state index in [1.807, 2.05) is 43.9 Å². The number of ether oxygens (including phenoxy) is 3. The molecule has 5 rings (SSSR count). The Morgan fingerprint density at radius 3 is 2.60 bits per heavy atom. The second kappa shape index (κ2) is 9.85. The maximum Gasteiger partial charge on any atom is 0.410 e. The summed E-state index contributed by atoms with van der Waals surface area (Å²) in [5.41, 5.74) is 2.66. The molecular weight excluding hydrogens is 444 g/mol. The van der Waals surface area contributed by atoms with Gasteiger partial charge < -0.3 is 19.1 Å². The fourth-order valence-corrected chi connectivity index (χ4v) is 4.70. The summed E-state index contributed by atoms with van der Waals surface area (Å²) in [5, 5.41) is 5.68. The lowest BCUT2D eigenvalue weighted by Crippen LogP contribution is -2.44. The molecule has 0 aliphatic carbocycles. The van der Waals surface area contributed by atoms with E-state index in [2.05, 4.69) is 28.3 Å². The first-order valence-electron chi connectivity index (χ1n) is 12.5. The van der Waals surface area contributed by atoms with E-state index in [0.29, 0.717) is 13.1 Å². The summed E-state index contributed by atoms with van der Waals surface area (Å²) in [6.45, 7) is 7.69. The molecule has 4 heterocycles. The number of carbonyl (C=O) groups is 1. The minimum atomic E-state index is -0.484. The van der Waals surface area contributed by atoms with Crippen LogP contribution in [-0.2, 0) is 9.47 Å². The lowest BCUT2D eigenvalue weighted by Gasteiger charge is -2.33. The summed E-state index contributed by atoms with van der Waals surface area (Å²) >= 11 is 0. The smallest absolute Gasteiger partial charge is 0.410 e. The molecule has 2 aromatic heterocycles. The molecular formula is C27H34N4O4. The lowest BCUT2D eigenvalue weighted by atomic mass is 10.1. The van der Waals surface area contributed by atoms with Crippen molar-refractivity contribution in [2.75, 3.05) is 19.7 Å². The predicted octanol–water partition coefficient (Wildman–Crippen LogP) is 5.58. The van der Waals surface area contributed by atoms with Crippen LogP contribution in [0.15, 0.2) is 42.9 Å². The number of pyridine rings is 1. The Kier molecular flexibility index (Phi) is 6.65. The quantitative estimate of drug-likeness (QED) is 0.487. The second-order valence-electron chi connectivity index (χ2n) is 10.4. The first kappa shape index (κ1) is 23.6. The molecule has 0 spiro atoms. The molecule has 2 aliphatic rings. The minimum Gasteiger partial charge on any atom is -0.489 e. The number of likely N-dealkylation sites (tertiary alicyclic amines) is 1. The fourth-order valence-electron chi connectivity index (χ4n) is 4.70. The van der Waals surface area contributed by atoms with E-state index in [1.165, 1.54) is 6.42 Å². The van der Waals surface area contributed by atoms with Gasteiger partial charge in [-0.3, -0.25) is 4.98 Å². The van der Waals surface area contributed by atoms with Crippen molar-refractivity contribution < 1.29 is 19.0 Å². The van der Waals surface area contributed by atoms with E-state index in [9.17, 15) is 4.79 Å². The summed E-state index contributed by atoms with van der Waals surface area (Å²) in [4.78, 5) is 18.5. The van der Waals surface area contributed by atoms with Gasteiger partial charge in [0.05, 0.1) is 17.9 Å². The number of hydrogen-bond acceptors (Lipinski definition) is 6. The molecule has 8 heteroatoms. The summed E-state index contributed by atoms with van der Waals surface area (Å²) < 4.78 is 19.6. The van der Waals surface area contributed by atoms with E-state index in [1.54, 1.807) is 11.1 Å². The Labute approximate surface area is 206 Å². The zero-order valence-electron chi connectivity index (χ0n) is 20.8. The Balaban J connectivity index is 1.24. The summed E-state index contributed by atoms with van der Waals surface area (Å²) in [5.74, 6) is 0.740. The third-order valence-electron chi connectivity index (χ3n) is 6.47. The van der Waals surface area contributed by atoms with Gasteiger partial charge in [-0.1, -0.05) is 6.07 Å². The molecule has 35 heavy (non-hydrogen) atoms. The number of benzene rings is 1. The monoisotopic (exact) mass is 478 g/mol. The van der Waals surface area contributed by atoms with Gasteiger partial charge in [-0.2, -0.15) is 5.10 Å². The zero-order chi connectivity index (χ0) is 24.4. The topological polar surface area (TPSA) is 78.7 Å². The molecule has 2 aliphatic heterocycles. The normalized spacial score (nSPS) is 19.6. The van der Waals surface area contributed by atoms with Gasteiger partial charge in [0, 0.05) is 49.7 Å². The van der Waals surface area contributed by atoms with Crippen molar-refractivity contribution in [1.82, 2.24) is 19.7 Å². The Hall–Kier alpha value is -3.13.